The van der Waals surface area contributed by atoms with Crippen LogP contribution in [0.15, 0.2) is 59.5 Å². The topological polar surface area (TPSA) is 113 Å². The summed E-state index contributed by atoms with van der Waals surface area (Å²) in [5.74, 6) is -0.0965. The predicted molar refractivity (Wildman–Crippen MR) is 111 cm³/mol. The highest BCUT2D eigenvalue weighted by Gasteiger charge is 2.22. The number of rotatable bonds is 8. The second-order valence-corrected chi connectivity index (χ2v) is 8.81. The first-order valence-corrected chi connectivity index (χ1v) is 11.1. The number of amides is 1. The Labute approximate surface area is 175 Å². The lowest BCUT2D eigenvalue weighted by molar-refractivity contribution is -0.384. The normalized spacial score (nSPS) is 15.1. The van der Waals surface area contributed by atoms with Gasteiger partial charge in [0.2, 0.25) is 15.9 Å². The largest absolute Gasteiger partial charge is 0.340 e. The molecule has 9 nitrogen and oxygen atoms in total. The average Bonchev–Trinajstić information content (AvgIpc) is 2.75. The van der Waals surface area contributed by atoms with Crippen molar-refractivity contribution in [2.45, 2.75) is 17.9 Å². The van der Waals surface area contributed by atoms with Gasteiger partial charge >= 0.3 is 0 Å². The summed E-state index contributed by atoms with van der Waals surface area (Å²) in [6, 6.07) is 14.8. The molecule has 1 amide bonds. The minimum Gasteiger partial charge on any atom is -0.340 e. The third-order valence-corrected chi connectivity index (χ3v) is 6.44. The van der Waals surface area contributed by atoms with E-state index in [-0.39, 0.29) is 29.5 Å². The zero-order chi connectivity index (χ0) is 21.6. The Hall–Kier alpha value is -2.82. The summed E-state index contributed by atoms with van der Waals surface area (Å²) in [4.78, 5) is 26.4. The molecule has 30 heavy (non-hydrogen) atoms. The van der Waals surface area contributed by atoms with Gasteiger partial charge in [-0.2, -0.15) is 0 Å². The van der Waals surface area contributed by atoms with Gasteiger partial charge in [0.15, 0.2) is 0 Å². The molecule has 0 unspecified atom stereocenters. The zero-order valence-corrected chi connectivity index (χ0v) is 17.3. The lowest BCUT2D eigenvalue weighted by Gasteiger charge is -2.34. The van der Waals surface area contributed by atoms with Crippen LogP contribution in [0, 0.1) is 10.1 Å². The molecule has 0 bridgehead atoms. The smallest absolute Gasteiger partial charge is 0.269 e. The number of piperazine rings is 1. The molecule has 1 heterocycles. The molecular weight excluding hydrogens is 408 g/mol. The van der Waals surface area contributed by atoms with Gasteiger partial charge < -0.3 is 4.90 Å². The molecule has 0 aromatic heterocycles. The highest BCUT2D eigenvalue weighted by atomic mass is 32.2. The number of hydrogen-bond acceptors (Lipinski definition) is 6. The molecule has 0 saturated carbocycles. The van der Waals surface area contributed by atoms with Gasteiger partial charge in [-0.1, -0.05) is 30.3 Å². The molecule has 2 aromatic carbocycles. The van der Waals surface area contributed by atoms with Crippen molar-refractivity contribution >= 4 is 21.6 Å². The number of nitrogens with zero attached hydrogens (tertiary/aromatic N) is 3. The highest BCUT2D eigenvalue weighted by molar-refractivity contribution is 7.89. The van der Waals surface area contributed by atoms with Crippen LogP contribution in [0.1, 0.15) is 12.0 Å². The van der Waals surface area contributed by atoms with E-state index >= 15 is 0 Å². The first-order valence-electron chi connectivity index (χ1n) is 9.63. The Balaban J connectivity index is 1.43. The van der Waals surface area contributed by atoms with Crippen molar-refractivity contribution < 1.29 is 18.1 Å². The molecule has 1 saturated heterocycles. The van der Waals surface area contributed by atoms with Crippen LogP contribution < -0.4 is 4.72 Å². The van der Waals surface area contributed by atoms with Crippen molar-refractivity contribution in [2.24, 2.45) is 0 Å². The Morgan fingerprint density at radius 1 is 1.00 bits per heavy atom. The fourth-order valence-electron chi connectivity index (χ4n) is 3.28. The molecule has 160 valence electrons. The fourth-order valence-corrected chi connectivity index (χ4v) is 4.31. The van der Waals surface area contributed by atoms with Crippen LogP contribution in [0.5, 0.6) is 0 Å². The van der Waals surface area contributed by atoms with E-state index in [2.05, 4.69) is 21.8 Å². The van der Waals surface area contributed by atoms with Gasteiger partial charge in [0.25, 0.3) is 5.69 Å². The quantitative estimate of drug-likeness (QED) is 0.501. The van der Waals surface area contributed by atoms with Gasteiger partial charge in [0.05, 0.1) is 9.82 Å². The molecule has 1 aliphatic rings. The number of carbonyl (C=O) groups is 1. The minimum absolute atomic E-state index is 0.0254. The van der Waals surface area contributed by atoms with Crippen molar-refractivity contribution in [3.63, 3.8) is 0 Å². The Bertz CT molecular complexity index is 972. The number of non-ortho nitro benzene ring substituents is 1. The number of hydrogen-bond donors (Lipinski definition) is 1. The molecule has 1 N–H and O–H groups in total. The Kier molecular flexibility index (Phi) is 7.14. The van der Waals surface area contributed by atoms with Crippen molar-refractivity contribution in [3.8, 4) is 0 Å². The molecule has 0 radical (unpaired) electrons. The molecule has 2 aromatic rings. The third kappa shape index (κ3) is 5.85. The number of benzene rings is 2. The second-order valence-electron chi connectivity index (χ2n) is 7.04. The first kappa shape index (κ1) is 21.9. The minimum atomic E-state index is -3.82. The lowest BCUT2D eigenvalue weighted by Crippen LogP contribution is -2.48. The number of nitro benzene ring substituents is 1. The second kappa shape index (κ2) is 9.79. The summed E-state index contributed by atoms with van der Waals surface area (Å²) in [6.45, 7) is 3.59. The van der Waals surface area contributed by atoms with Gasteiger partial charge in [-0.3, -0.25) is 19.8 Å². The predicted octanol–water partition coefficient (Wildman–Crippen LogP) is 1.61. The number of sulfonamides is 1. The SMILES string of the molecule is O=C(CCNS(=O)(=O)c1ccc([N+](=O)[O-])cc1)N1CCN(Cc2ccccc2)CC1. The van der Waals surface area contributed by atoms with E-state index in [1.165, 1.54) is 17.7 Å². The molecule has 1 aliphatic heterocycles. The van der Waals surface area contributed by atoms with Crippen LogP contribution >= 0.6 is 0 Å². The van der Waals surface area contributed by atoms with Crippen LogP contribution in [-0.2, 0) is 21.4 Å². The van der Waals surface area contributed by atoms with E-state index in [4.69, 9.17) is 0 Å². The van der Waals surface area contributed by atoms with Crippen LogP contribution in [0.25, 0.3) is 0 Å². The molecule has 10 heteroatoms. The van der Waals surface area contributed by atoms with Crippen molar-refractivity contribution in [3.05, 3.63) is 70.3 Å². The van der Waals surface area contributed by atoms with Crippen molar-refractivity contribution in [2.75, 3.05) is 32.7 Å². The molecule has 3 rings (SSSR count). The van der Waals surface area contributed by atoms with Crippen LogP contribution in [-0.4, -0.2) is 61.8 Å². The summed E-state index contributed by atoms with van der Waals surface area (Å²) in [6.07, 6.45) is 0.0604. The number of nitro groups is 1. The molecule has 0 aliphatic carbocycles. The maximum atomic E-state index is 12.4. The summed E-state index contributed by atoms with van der Waals surface area (Å²) in [7, 11) is -3.82. The van der Waals surface area contributed by atoms with E-state index in [9.17, 15) is 23.3 Å². The summed E-state index contributed by atoms with van der Waals surface area (Å²) < 4.78 is 26.9. The molecular formula is C20H24N4O5S. The zero-order valence-electron chi connectivity index (χ0n) is 16.4. The van der Waals surface area contributed by atoms with E-state index in [1.807, 2.05) is 18.2 Å². The summed E-state index contributed by atoms with van der Waals surface area (Å²) in [5, 5.41) is 10.7. The van der Waals surface area contributed by atoms with Crippen LogP contribution in [0.2, 0.25) is 0 Å². The third-order valence-electron chi connectivity index (χ3n) is 4.96. The standard InChI is InChI=1S/C20H24N4O5S/c25-20(23-14-12-22(13-15-23)16-17-4-2-1-3-5-17)10-11-21-30(28,29)19-8-6-18(7-9-19)24(26)27/h1-9,21H,10-16H2. The van der Waals surface area contributed by atoms with Gasteiger partial charge in [0, 0.05) is 57.8 Å². The van der Waals surface area contributed by atoms with Crippen LogP contribution in [0.3, 0.4) is 0 Å². The molecule has 0 spiro atoms. The van der Waals surface area contributed by atoms with Gasteiger partial charge in [-0.15, -0.1) is 0 Å². The van der Waals surface area contributed by atoms with E-state index in [0.717, 1.165) is 31.8 Å². The summed E-state index contributed by atoms with van der Waals surface area (Å²) >= 11 is 0. The van der Waals surface area contributed by atoms with E-state index < -0.39 is 14.9 Å². The van der Waals surface area contributed by atoms with E-state index in [1.54, 1.807) is 4.90 Å². The van der Waals surface area contributed by atoms with Crippen molar-refractivity contribution in [1.82, 2.24) is 14.5 Å². The highest BCUT2D eigenvalue weighted by Crippen LogP contribution is 2.15. The first-order chi connectivity index (χ1) is 14.3. The summed E-state index contributed by atoms with van der Waals surface area (Å²) in [5.41, 5.74) is 1.05. The van der Waals surface area contributed by atoms with Crippen molar-refractivity contribution in [1.29, 1.82) is 0 Å². The Morgan fingerprint density at radius 2 is 1.63 bits per heavy atom. The van der Waals surface area contributed by atoms with Gasteiger partial charge in [-0.25, -0.2) is 13.1 Å². The Morgan fingerprint density at radius 3 is 2.23 bits per heavy atom. The average molecular weight is 433 g/mol. The van der Waals surface area contributed by atoms with Gasteiger partial charge in [-0.05, 0) is 17.7 Å². The lowest BCUT2D eigenvalue weighted by atomic mass is 10.2. The van der Waals surface area contributed by atoms with Gasteiger partial charge in [0.1, 0.15) is 0 Å². The molecule has 1 fully saturated rings. The van der Waals surface area contributed by atoms with Crippen LogP contribution in [0.4, 0.5) is 5.69 Å². The number of carbonyl (C=O) groups excluding carboxylic acids is 1. The molecule has 0 atom stereocenters. The van der Waals surface area contributed by atoms with E-state index in [0.29, 0.717) is 13.1 Å². The number of nitrogens with one attached hydrogen (secondary N) is 1. The maximum Gasteiger partial charge on any atom is 0.269 e. The maximum absolute atomic E-state index is 12.4. The monoisotopic (exact) mass is 432 g/mol. The fraction of sp³-hybridized carbons (Fsp3) is 0.350.